The van der Waals surface area contributed by atoms with E-state index in [-0.39, 0.29) is 24.2 Å². The Morgan fingerprint density at radius 1 is 0.897 bits per heavy atom. The number of anilines is 1. The van der Waals surface area contributed by atoms with Gasteiger partial charge in [-0.15, -0.1) is 0 Å². The van der Waals surface area contributed by atoms with Gasteiger partial charge < -0.3 is 15.4 Å². The minimum absolute atomic E-state index is 0.162. The maximum absolute atomic E-state index is 13.0. The highest BCUT2D eigenvalue weighted by atomic mass is 19.1. The lowest BCUT2D eigenvalue weighted by molar-refractivity contribution is 0.0955. The molecule has 0 bridgehead atoms. The molecule has 3 rings (SSSR count). The van der Waals surface area contributed by atoms with Crippen molar-refractivity contribution in [2.45, 2.75) is 13.5 Å². The molecule has 2 N–H and O–H groups in total. The van der Waals surface area contributed by atoms with Crippen molar-refractivity contribution < 1.29 is 18.7 Å². The van der Waals surface area contributed by atoms with Crippen LogP contribution in [0.5, 0.6) is 5.75 Å². The van der Waals surface area contributed by atoms with Crippen molar-refractivity contribution in [1.82, 2.24) is 5.32 Å². The smallest absolute Gasteiger partial charge is 0.259 e. The topological polar surface area (TPSA) is 67.4 Å². The molecule has 3 aromatic carbocycles. The molecule has 0 fully saturated rings. The normalized spacial score (nSPS) is 10.3. The van der Waals surface area contributed by atoms with Crippen molar-refractivity contribution in [1.29, 1.82) is 0 Å². The van der Waals surface area contributed by atoms with E-state index in [1.165, 1.54) is 12.1 Å². The van der Waals surface area contributed by atoms with E-state index in [9.17, 15) is 14.0 Å². The van der Waals surface area contributed by atoms with Crippen LogP contribution >= 0.6 is 0 Å². The Bertz CT molecular complexity index is 986. The molecule has 0 aromatic heterocycles. The van der Waals surface area contributed by atoms with Gasteiger partial charge in [0.05, 0.1) is 5.56 Å². The van der Waals surface area contributed by atoms with E-state index in [1.54, 1.807) is 60.7 Å². The fourth-order valence-electron chi connectivity index (χ4n) is 2.69. The van der Waals surface area contributed by atoms with Gasteiger partial charge in [0, 0.05) is 17.8 Å². The number of ether oxygens (including phenoxy) is 1. The van der Waals surface area contributed by atoms with Crippen LogP contribution in [0.25, 0.3) is 0 Å². The lowest BCUT2D eigenvalue weighted by atomic mass is 10.1. The SMILES string of the molecule is CCNC(=O)c1ccc(NC(=O)c2ccccc2OCc2ccc(F)cc2)cc1. The molecule has 148 valence electrons. The third-order valence-corrected chi connectivity index (χ3v) is 4.18. The van der Waals surface area contributed by atoms with E-state index < -0.39 is 0 Å². The first kappa shape index (κ1) is 20.1. The van der Waals surface area contributed by atoms with Crippen LogP contribution in [-0.4, -0.2) is 18.4 Å². The maximum atomic E-state index is 13.0. The third-order valence-electron chi connectivity index (χ3n) is 4.18. The van der Waals surface area contributed by atoms with Crippen LogP contribution in [0.1, 0.15) is 33.2 Å². The first-order chi connectivity index (χ1) is 14.1. The molecule has 0 radical (unpaired) electrons. The molecule has 0 aliphatic carbocycles. The highest BCUT2D eigenvalue weighted by Crippen LogP contribution is 2.21. The van der Waals surface area contributed by atoms with Crippen LogP contribution in [0, 0.1) is 5.82 Å². The second kappa shape index (κ2) is 9.50. The van der Waals surface area contributed by atoms with Crippen LogP contribution in [0.4, 0.5) is 10.1 Å². The van der Waals surface area contributed by atoms with Crippen LogP contribution in [0.3, 0.4) is 0 Å². The fraction of sp³-hybridized carbons (Fsp3) is 0.130. The zero-order chi connectivity index (χ0) is 20.6. The standard InChI is InChI=1S/C23H21FN2O3/c1-2-25-22(27)17-9-13-19(14-10-17)26-23(28)20-5-3-4-6-21(20)29-15-16-7-11-18(24)12-8-16/h3-14H,2,15H2,1H3,(H,25,27)(H,26,28). The first-order valence-corrected chi connectivity index (χ1v) is 9.22. The van der Waals surface area contributed by atoms with Crippen molar-refractivity contribution in [2.24, 2.45) is 0 Å². The Balaban J connectivity index is 1.68. The summed E-state index contributed by atoms with van der Waals surface area (Å²) in [6, 6.07) is 19.5. The van der Waals surface area contributed by atoms with E-state index in [2.05, 4.69) is 10.6 Å². The number of hydrogen-bond acceptors (Lipinski definition) is 3. The lowest BCUT2D eigenvalue weighted by Gasteiger charge is -2.12. The van der Waals surface area contributed by atoms with Crippen LogP contribution in [-0.2, 0) is 6.61 Å². The van der Waals surface area contributed by atoms with Crippen molar-refractivity contribution in [3.05, 3.63) is 95.3 Å². The minimum Gasteiger partial charge on any atom is -0.488 e. The number of para-hydroxylation sites is 1. The molecule has 0 spiro atoms. The average molecular weight is 392 g/mol. The van der Waals surface area contributed by atoms with Gasteiger partial charge in [-0.25, -0.2) is 4.39 Å². The molecular formula is C23H21FN2O3. The van der Waals surface area contributed by atoms with Crippen molar-refractivity contribution in [3.8, 4) is 5.75 Å². The number of hydrogen-bond donors (Lipinski definition) is 2. The van der Waals surface area contributed by atoms with Crippen LogP contribution < -0.4 is 15.4 Å². The van der Waals surface area contributed by atoms with E-state index in [0.717, 1.165) is 5.56 Å². The minimum atomic E-state index is -0.328. The molecule has 0 atom stereocenters. The molecule has 6 heteroatoms. The van der Waals surface area contributed by atoms with Gasteiger partial charge in [0.1, 0.15) is 18.2 Å². The van der Waals surface area contributed by atoms with Gasteiger partial charge in [-0.3, -0.25) is 9.59 Å². The molecule has 5 nitrogen and oxygen atoms in total. The zero-order valence-electron chi connectivity index (χ0n) is 15.9. The zero-order valence-corrected chi connectivity index (χ0v) is 15.9. The summed E-state index contributed by atoms with van der Waals surface area (Å²) in [5.41, 5.74) is 2.26. The van der Waals surface area contributed by atoms with Crippen molar-refractivity contribution in [2.75, 3.05) is 11.9 Å². The number of benzene rings is 3. The summed E-state index contributed by atoms with van der Waals surface area (Å²) >= 11 is 0. The Labute approximate surface area is 168 Å². The summed E-state index contributed by atoms with van der Waals surface area (Å²) in [7, 11) is 0. The average Bonchev–Trinajstić information content (AvgIpc) is 2.74. The Kier molecular flexibility index (Phi) is 6.58. The molecule has 0 heterocycles. The molecule has 2 amide bonds. The molecule has 0 unspecified atom stereocenters. The number of halogens is 1. The monoisotopic (exact) mass is 392 g/mol. The quantitative estimate of drug-likeness (QED) is 0.626. The number of carbonyl (C=O) groups excluding carboxylic acids is 2. The largest absolute Gasteiger partial charge is 0.488 e. The Morgan fingerprint density at radius 3 is 2.28 bits per heavy atom. The van der Waals surface area contributed by atoms with E-state index in [0.29, 0.717) is 29.1 Å². The predicted octanol–water partition coefficient (Wildman–Crippen LogP) is 4.41. The van der Waals surface area contributed by atoms with Crippen molar-refractivity contribution in [3.63, 3.8) is 0 Å². The first-order valence-electron chi connectivity index (χ1n) is 9.22. The number of carbonyl (C=O) groups is 2. The van der Waals surface area contributed by atoms with Gasteiger partial charge >= 0.3 is 0 Å². The van der Waals surface area contributed by atoms with Gasteiger partial charge in [-0.2, -0.15) is 0 Å². The number of amides is 2. The van der Waals surface area contributed by atoms with E-state index in [4.69, 9.17) is 4.74 Å². The predicted molar refractivity (Wildman–Crippen MR) is 110 cm³/mol. The van der Waals surface area contributed by atoms with Gasteiger partial charge in [0.25, 0.3) is 11.8 Å². The molecule has 0 saturated heterocycles. The second-order valence-electron chi connectivity index (χ2n) is 6.30. The molecule has 29 heavy (non-hydrogen) atoms. The maximum Gasteiger partial charge on any atom is 0.259 e. The van der Waals surface area contributed by atoms with E-state index in [1.807, 2.05) is 6.92 Å². The highest BCUT2D eigenvalue weighted by molar-refractivity contribution is 6.06. The highest BCUT2D eigenvalue weighted by Gasteiger charge is 2.13. The molecule has 0 saturated carbocycles. The van der Waals surface area contributed by atoms with Gasteiger partial charge in [0.2, 0.25) is 0 Å². The van der Waals surface area contributed by atoms with Crippen LogP contribution in [0.2, 0.25) is 0 Å². The van der Waals surface area contributed by atoms with Crippen molar-refractivity contribution >= 4 is 17.5 Å². The van der Waals surface area contributed by atoms with Crippen LogP contribution in [0.15, 0.2) is 72.8 Å². The Hall–Kier alpha value is -3.67. The third kappa shape index (κ3) is 5.42. The number of nitrogens with one attached hydrogen (secondary N) is 2. The molecule has 0 aliphatic rings. The summed E-state index contributed by atoms with van der Waals surface area (Å²) in [4.78, 5) is 24.5. The lowest BCUT2D eigenvalue weighted by Crippen LogP contribution is -2.22. The van der Waals surface area contributed by atoms with Gasteiger partial charge in [-0.05, 0) is 61.0 Å². The van der Waals surface area contributed by atoms with E-state index >= 15 is 0 Å². The molecule has 0 aliphatic heterocycles. The summed E-state index contributed by atoms with van der Waals surface area (Å²) in [5.74, 6) is -0.379. The van der Waals surface area contributed by atoms with Gasteiger partial charge in [-0.1, -0.05) is 24.3 Å². The van der Waals surface area contributed by atoms with Gasteiger partial charge in [0.15, 0.2) is 0 Å². The Morgan fingerprint density at radius 2 is 1.59 bits per heavy atom. The summed E-state index contributed by atoms with van der Waals surface area (Å²) in [6.45, 7) is 2.61. The molecule has 3 aromatic rings. The summed E-state index contributed by atoms with van der Waals surface area (Å²) < 4.78 is 18.8. The fourth-order valence-corrected chi connectivity index (χ4v) is 2.69. The summed E-state index contributed by atoms with van der Waals surface area (Å²) in [5, 5.41) is 5.52. The molecular weight excluding hydrogens is 371 g/mol. The second-order valence-corrected chi connectivity index (χ2v) is 6.30. The summed E-state index contributed by atoms with van der Waals surface area (Å²) in [6.07, 6.45) is 0. The number of rotatable bonds is 7.